The van der Waals surface area contributed by atoms with Crippen molar-refractivity contribution in [3.63, 3.8) is 0 Å². The van der Waals surface area contributed by atoms with E-state index >= 15 is 0 Å². The number of halogens is 1. The van der Waals surface area contributed by atoms with E-state index in [1.807, 2.05) is 12.1 Å². The number of nitrogens with one attached hydrogen (secondary N) is 1. The summed E-state index contributed by atoms with van der Waals surface area (Å²) in [6, 6.07) is 3.66. The number of hydrogen-bond donors (Lipinski definition) is 1. The first-order valence-corrected chi connectivity index (χ1v) is 6.49. The van der Waals surface area contributed by atoms with Crippen LogP contribution in [0.1, 0.15) is 22.7 Å². The fourth-order valence-electron chi connectivity index (χ4n) is 1.46. The van der Waals surface area contributed by atoms with Gasteiger partial charge in [0.25, 0.3) is 5.91 Å². The number of amides is 1. The normalized spacial score (nSPS) is 10.4. The first kappa shape index (κ1) is 14.5. The van der Waals surface area contributed by atoms with Gasteiger partial charge in [-0.3, -0.25) is 4.79 Å². The van der Waals surface area contributed by atoms with Crippen molar-refractivity contribution in [2.45, 2.75) is 13.0 Å². The maximum atomic E-state index is 11.7. The molecule has 2 aromatic heterocycles. The van der Waals surface area contributed by atoms with Crippen LogP contribution in [0.4, 0.5) is 0 Å². The van der Waals surface area contributed by atoms with E-state index in [0.29, 0.717) is 26.2 Å². The number of aromatic nitrogens is 2. The van der Waals surface area contributed by atoms with Gasteiger partial charge in [-0.1, -0.05) is 11.6 Å². The highest BCUT2D eigenvalue weighted by Gasteiger charge is 2.06. The van der Waals surface area contributed by atoms with Crippen LogP contribution in [0.2, 0.25) is 5.15 Å². The van der Waals surface area contributed by atoms with E-state index < -0.39 is 0 Å². The average Bonchev–Trinajstić information content (AvgIpc) is 2.96. The molecule has 2 rings (SSSR count). The highest BCUT2D eigenvalue weighted by molar-refractivity contribution is 6.29. The van der Waals surface area contributed by atoms with Gasteiger partial charge in [-0.25, -0.2) is 9.97 Å². The van der Waals surface area contributed by atoms with Crippen molar-refractivity contribution in [1.29, 1.82) is 0 Å². The van der Waals surface area contributed by atoms with Crippen LogP contribution in [0.3, 0.4) is 0 Å². The standard InChI is InChI=1S/C13H14ClN3O3/c14-12-8-16-11(7-17-12)13(18)15-4-2-5-19-9-10-3-1-6-20-10/h1,3,6-8H,2,4-5,9H2,(H,15,18). The molecule has 0 aliphatic carbocycles. The molecule has 1 amide bonds. The summed E-state index contributed by atoms with van der Waals surface area (Å²) in [6.07, 6.45) is 4.98. The average molecular weight is 296 g/mol. The smallest absolute Gasteiger partial charge is 0.271 e. The Morgan fingerprint density at radius 1 is 1.40 bits per heavy atom. The molecule has 0 saturated heterocycles. The number of nitrogens with zero attached hydrogens (tertiary/aromatic N) is 2. The van der Waals surface area contributed by atoms with Crippen molar-refractivity contribution < 1.29 is 13.9 Å². The molecular formula is C13H14ClN3O3. The lowest BCUT2D eigenvalue weighted by atomic mass is 10.4. The molecule has 0 saturated carbocycles. The fourth-order valence-corrected chi connectivity index (χ4v) is 1.56. The van der Waals surface area contributed by atoms with Gasteiger partial charge in [0.15, 0.2) is 0 Å². The third-order valence-corrected chi connectivity index (χ3v) is 2.62. The first-order chi connectivity index (χ1) is 9.75. The Bertz CT molecular complexity index is 528. The molecule has 0 radical (unpaired) electrons. The maximum absolute atomic E-state index is 11.7. The van der Waals surface area contributed by atoms with E-state index in [1.54, 1.807) is 6.26 Å². The lowest BCUT2D eigenvalue weighted by Gasteiger charge is -2.05. The highest BCUT2D eigenvalue weighted by atomic mass is 35.5. The fraction of sp³-hybridized carbons (Fsp3) is 0.308. The summed E-state index contributed by atoms with van der Waals surface area (Å²) in [5, 5.41) is 2.98. The summed E-state index contributed by atoms with van der Waals surface area (Å²) in [7, 11) is 0. The number of carbonyl (C=O) groups excluding carboxylic acids is 1. The third kappa shape index (κ3) is 4.64. The molecule has 6 nitrogen and oxygen atoms in total. The predicted molar refractivity (Wildman–Crippen MR) is 72.4 cm³/mol. The van der Waals surface area contributed by atoms with E-state index in [4.69, 9.17) is 20.8 Å². The molecule has 0 bridgehead atoms. The second kappa shape index (κ2) is 7.62. The Labute approximate surface area is 121 Å². The number of ether oxygens (including phenoxy) is 1. The molecule has 1 N–H and O–H groups in total. The van der Waals surface area contributed by atoms with Gasteiger partial charge < -0.3 is 14.5 Å². The molecule has 0 atom stereocenters. The summed E-state index contributed by atoms with van der Waals surface area (Å²) in [5.41, 5.74) is 0.242. The van der Waals surface area contributed by atoms with Crippen LogP contribution in [0.5, 0.6) is 0 Å². The van der Waals surface area contributed by atoms with Gasteiger partial charge in [0, 0.05) is 13.2 Å². The molecule has 0 fully saturated rings. The number of rotatable bonds is 7. The minimum Gasteiger partial charge on any atom is -0.467 e. The molecule has 0 aliphatic heterocycles. The molecule has 0 aromatic carbocycles. The van der Waals surface area contributed by atoms with E-state index in [0.717, 1.165) is 5.76 Å². The second-order valence-electron chi connectivity index (χ2n) is 3.97. The number of furan rings is 1. The van der Waals surface area contributed by atoms with Gasteiger partial charge in [0.1, 0.15) is 23.2 Å². The van der Waals surface area contributed by atoms with Crippen molar-refractivity contribution >= 4 is 17.5 Å². The van der Waals surface area contributed by atoms with Gasteiger partial charge in [-0.05, 0) is 18.6 Å². The topological polar surface area (TPSA) is 77.2 Å². The highest BCUT2D eigenvalue weighted by Crippen LogP contribution is 2.02. The molecule has 0 spiro atoms. The van der Waals surface area contributed by atoms with Gasteiger partial charge >= 0.3 is 0 Å². The van der Waals surface area contributed by atoms with Crippen LogP contribution in [-0.2, 0) is 11.3 Å². The summed E-state index contributed by atoms with van der Waals surface area (Å²) in [5.74, 6) is 0.505. The van der Waals surface area contributed by atoms with Gasteiger partial charge in [0.05, 0.1) is 18.7 Å². The van der Waals surface area contributed by atoms with E-state index in [9.17, 15) is 4.79 Å². The predicted octanol–water partition coefficient (Wildman–Crippen LogP) is 2.06. The van der Waals surface area contributed by atoms with Crippen LogP contribution in [0, 0.1) is 0 Å². The van der Waals surface area contributed by atoms with Crippen LogP contribution in [0.25, 0.3) is 0 Å². The van der Waals surface area contributed by atoms with Crippen LogP contribution < -0.4 is 5.32 Å². The molecule has 2 aromatic rings. The van der Waals surface area contributed by atoms with Crippen molar-refractivity contribution in [2.75, 3.05) is 13.2 Å². The van der Waals surface area contributed by atoms with Crippen molar-refractivity contribution in [2.24, 2.45) is 0 Å². The minimum absolute atomic E-state index is 0.242. The van der Waals surface area contributed by atoms with Crippen LogP contribution in [0.15, 0.2) is 35.2 Å². The van der Waals surface area contributed by atoms with Crippen molar-refractivity contribution in [3.8, 4) is 0 Å². The lowest BCUT2D eigenvalue weighted by molar-refractivity contribution is 0.0912. The monoisotopic (exact) mass is 295 g/mol. The van der Waals surface area contributed by atoms with Crippen LogP contribution in [-0.4, -0.2) is 29.0 Å². The molecule has 0 unspecified atom stereocenters. The number of carbonyl (C=O) groups is 1. The lowest BCUT2D eigenvalue weighted by Crippen LogP contribution is -2.26. The minimum atomic E-state index is -0.278. The summed E-state index contributed by atoms with van der Waals surface area (Å²) < 4.78 is 10.5. The van der Waals surface area contributed by atoms with Gasteiger partial charge in [-0.2, -0.15) is 0 Å². The van der Waals surface area contributed by atoms with Crippen molar-refractivity contribution in [3.05, 3.63) is 47.4 Å². The Kier molecular flexibility index (Phi) is 5.52. The summed E-state index contributed by atoms with van der Waals surface area (Å²) in [4.78, 5) is 19.3. The second-order valence-corrected chi connectivity index (χ2v) is 4.35. The molecule has 20 heavy (non-hydrogen) atoms. The Hall–Kier alpha value is -1.92. The Morgan fingerprint density at radius 2 is 2.30 bits per heavy atom. The van der Waals surface area contributed by atoms with Crippen molar-refractivity contribution in [1.82, 2.24) is 15.3 Å². The van der Waals surface area contributed by atoms with Crippen LogP contribution >= 0.6 is 11.6 Å². The third-order valence-electron chi connectivity index (χ3n) is 2.43. The summed E-state index contributed by atoms with van der Waals surface area (Å²) in [6.45, 7) is 1.47. The van der Waals surface area contributed by atoms with E-state index in [2.05, 4.69) is 15.3 Å². The largest absolute Gasteiger partial charge is 0.467 e. The molecular weight excluding hydrogens is 282 g/mol. The SMILES string of the molecule is O=C(NCCCOCc1ccco1)c1cnc(Cl)cn1. The van der Waals surface area contributed by atoms with Gasteiger partial charge in [-0.15, -0.1) is 0 Å². The first-order valence-electron chi connectivity index (χ1n) is 6.11. The molecule has 2 heterocycles. The number of hydrogen-bond acceptors (Lipinski definition) is 5. The quantitative estimate of drug-likeness (QED) is 0.791. The Morgan fingerprint density at radius 3 is 3.00 bits per heavy atom. The molecule has 0 aliphatic rings. The Balaban J connectivity index is 1.58. The zero-order valence-corrected chi connectivity index (χ0v) is 11.5. The zero-order chi connectivity index (χ0) is 14.2. The van der Waals surface area contributed by atoms with Gasteiger partial charge in [0.2, 0.25) is 0 Å². The maximum Gasteiger partial charge on any atom is 0.271 e. The molecule has 7 heteroatoms. The van der Waals surface area contributed by atoms with E-state index in [-0.39, 0.29) is 16.8 Å². The zero-order valence-electron chi connectivity index (χ0n) is 10.7. The van der Waals surface area contributed by atoms with E-state index in [1.165, 1.54) is 12.4 Å². The summed E-state index contributed by atoms with van der Waals surface area (Å²) >= 11 is 5.59. The molecule has 106 valence electrons.